The Bertz CT molecular complexity index is 608. The van der Waals surface area contributed by atoms with E-state index in [1.807, 2.05) is 0 Å². The zero-order valence-electron chi connectivity index (χ0n) is 13.8. The predicted molar refractivity (Wildman–Crippen MR) is 94.8 cm³/mol. The van der Waals surface area contributed by atoms with Gasteiger partial charge in [0.25, 0.3) is 0 Å². The summed E-state index contributed by atoms with van der Waals surface area (Å²) in [5, 5.41) is 2.16. The Morgan fingerprint density at radius 3 is 2.39 bits per heavy atom. The van der Waals surface area contributed by atoms with Crippen LogP contribution in [0.4, 0.5) is 0 Å². The minimum atomic E-state index is 0.124. The highest BCUT2D eigenvalue weighted by atomic mass is 16.7. The molecule has 0 aromatic heterocycles. The quantitative estimate of drug-likeness (QED) is 0.657. The molecule has 2 heteroatoms. The van der Waals surface area contributed by atoms with Gasteiger partial charge in [-0.3, -0.25) is 4.84 Å². The zero-order valence-corrected chi connectivity index (χ0v) is 13.8. The molecule has 0 fully saturated rings. The van der Waals surface area contributed by atoms with Crippen LogP contribution < -0.4 is 0 Å². The molecular weight excluding hydrogens is 282 g/mol. The second-order valence-electron chi connectivity index (χ2n) is 6.03. The largest absolute Gasteiger partial charge is 0.290 e. The molecule has 23 heavy (non-hydrogen) atoms. The minimum Gasteiger partial charge on any atom is -0.290 e. The van der Waals surface area contributed by atoms with E-state index in [1.165, 1.54) is 11.1 Å². The number of hydrogen-bond acceptors (Lipinski definition) is 2. The van der Waals surface area contributed by atoms with Crippen molar-refractivity contribution in [2.45, 2.75) is 38.3 Å². The molecule has 0 radical (unpaired) electrons. The van der Waals surface area contributed by atoms with Crippen LogP contribution in [0.25, 0.3) is 0 Å². The Kier molecular flexibility index (Phi) is 5.62. The van der Waals surface area contributed by atoms with E-state index in [2.05, 4.69) is 84.8 Å². The first kappa shape index (κ1) is 16.0. The molecule has 0 aliphatic carbocycles. The van der Waals surface area contributed by atoms with Gasteiger partial charge in [0.2, 0.25) is 0 Å². The second kappa shape index (κ2) is 8.09. The van der Waals surface area contributed by atoms with Gasteiger partial charge in [0.05, 0.1) is 6.04 Å². The fourth-order valence-corrected chi connectivity index (χ4v) is 3.12. The molecule has 2 aromatic carbocycles. The smallest absolute Gasteiger partial charge is 0.104 e. The summed E-state index contributed by atoms with van der Waals surface area (Å²) in [6.45, 7) is 3.05. The van der Waals surface area contributed by atoms with Crippen molar-refractivity contribution in [3.63, 3.8) is 0 Å². The third-order valence-electron chi connectivity index (χ3n) is 4.33. The molecule has 0 N–H and O–H groups in total. The van der Waals surface area contributed by atoms with Crippen molar-refractivity contribution in [1.82, 2.24) is 5.06 Å². The molecule has 120 valence electrons. The third-order valence-corrected chi connectivity index (χ3v) is 4.33. The third kappa shape index (κ3) is 4.10. The van der Waals surface area contributed by atoms with Crippen molar-refractivity contribution in [2.75, 3.05) is 6.54 Å². The summed E-state index contributed by atoms with van der Waals surface area (Å²) in [5.74, 6) is 0. The molecule has 0 amide bonds. The Hall–Kier alpha value is -1.90. The number of hydrogen-bond donors (Lipinski definition) is 0. The molecular formula is C21H25NO. The number of benzene rings is 2. The molecule has 1 heterocycles. The molecule has 2 atom stereocenters. The van der Waals surface area contributed by atoms with Crippen LogP contribution in [0, 0.1) is 0 Å². The maximum atomic E-state index is 6.47. The maximum Gasteiger partial charge on any atom is 0.104 e. The number of rotatable bonds is 6. The maximum absolute atomic E-state index is 6.47. The molecule has 0 unspecified atom stereocenters. The van der Waals surface area contributed by atoms with Crippen LogP contribution >= 0.6 is 0 Å². The topological polar surface area (TPSA) is 12.5 Å². The van der Waals surface area contributed by atoms with Gasteiger partial charge in [-0.1, -0.05) is 86.2 Å². The van der Waals surface area contributed by atoms with E-state index in [1.54, 1.807) is 0 Å². The highest BCUT2D eigenvalue weighted by molar-refractivity contribution is 5.21. The lowest BCUT2D eigenvalue weighted by Crippen LogP contribution is -2.33. The normalized spacial score (nSPS) is 19.6. The summed E-state index contributed by atoms with van der Waals surface area (Å²) in [6, 6.07) is 21.5. The molecule has 0 spiro atoms. The van der Waals surface area contributed by atoms with Crippen LogP contribution in [0.1, 0.15) is 49.5 Å². The van der Waals surface area contributed by atoms with Crippen molar-refractivity contribution in [1.29, 1.82) is 0 Å². The molecule has 2 aromatic rings. The molecule has 2 nitrogen and oxygen atoms in total. The van der Waals surface area contributed by atoms with Crippen molar-refractivity contribution in [2.24, 2.45) is 0 Å². The molecule has 0 saturated carbocycles. The summed E-state index contributed by atoms with van der Waals surface area (Å²) < 4.78 is 0. The van der Waals surface area contributed by atoms with E-state index in [4.69, 9.17) is 4.84 Å². The van der Waals surface area contributed by atoms with Crippen molar-refractivity contribution >= 4 is 0 Å². The van der Waals surface area contributed by atoms with Gasteiger partial charge in [-0.25, -0.2) is 0 Å². The standard InChI is InChI=1S/C21H25NO/c1-2-11-21(19-14-7-4-8-15-19)23-22-17-10-9-16-20(22)18-12-5-3-6-13-18/h3-10,12-15,20-21H,2,11,16-17H2,1H3/t20-,21-/m1/s1. The van der Waals surface area contributed by atoms with Crippen molar-refractivity contribution < 1.29 is 4.84 Å². The first-order valence-corrected chi connectivity index (χ1v) is 8.56. The summed E-state index contributed by atoms with van der Waals surface area (Å²) in [4.78, 5) is 6.47. The van der Waals surface area contributed by atoms with E-state index >= 15 is 0 Å². The van der Waals surface area contributed by atoms with Crippen LogP contribution in [0.3, 0.4) is 0 Å². The van der Waals surface area contributed by atoms with E-state index in [9.17, 15) is 0 Å². The fourth-order valence-electron chi connectivity index (χ4n) is 3.12. The second-order valence-corrected chi connectivity index (χ2v) is 6.03. The van der Waals surface area contributed by atoms with Gasteiger partial charge >= 0.3 is 0 Å². The summed E-state index contributed by atoms with van der Waals surface area (Å²) in [5.41, 5.74) is 2.58. The van der Waals surface area contributed by atoms with E-state index < -0.39 is 0 Å². The summed E-state index contributed by atoms with van der Waals surface area (Å²) in [6.07, 6.45) is 7.73. The van der Waals surface area contributed by atoms with E-state index in [0.29, 0.717) is 6.04 Å². The molecule has 0 bridgehead atoms. The van der Waals surface area contributed by atoms with Gasteiger partial charge in [-0.15, -0.1) is 0 Å². The van der Waals surface area contributed by atoms with Gasteiger partial charge in [-0.05, 0) is 24.0 Å². The van der Waals surface area contributed by atoms with Crippen LogP contribution in [0.15, 0.2) is 72.8 Å². The van der Waals surface area contributed by atoms with Gasteiger partial charge < -0.3 is 0 Å². The first-order valence-electron chi connectivity index (χ1n) is 8.56. The monoisotopic (exact) mass is 307 g/mol. The SMILES string of the molecule is CCC[C@@H](ON1CC=CC[C@@H]1c1ccccc1)c1ccccc1. The molecule has 1 aliphatic heterocycles. The Balaban J connectivity index is 1.79. The van der Waals surface area contributed by atoms with Crippen molar-refractivity contribution in [3.05, 3.63) is 83.9 Å². The Morgan fingerprint density at radius 1 is 1.00 bits per heavy atom. The molecule has 3 rings (SSSR count). The van der Waals surface area contributed by atoms with Gasteiger partial charge in [0.15, 0.2) is 0 Å². The van der Waals surface area contributed by atoms with Gasteiger partial charge in [0, 0.05) is 6.54 Å². The van der Waals surface area contributed by atoms with Crippen LogP contribution in [0.2, 0.25) is 0 Å². The Morgan fingerprint density at radius 2 is 1.70 bits per heavy atom. The highest BCUT2D eigenvalue weighted by Crippen LogP contribution is 2.32. The molecule has 0 saturated heterocycles. The lowest BCUT2D eigenvalue weighted by Gasteiger charge is -2.35. The summed E-state index contributed by atoms with van der Waals surface area (Å²) >= 11 is 0. The average molecular weight is 307 g/mol. The lowest BCUT2D eigenvalue weighted by molar-refractivity contribution is -0.224. The summed E-state index contributed by atoms with van der Waals surface area (Å²) in [7, 11) is 0. The number of nitrogens with zero attached hydrogens (tertiary/aromatic N) is 1. The zero-order chi connectivity index (χ0) is 15.9. The van der Waals surface area contributed by atoms with E-state index in [0.717, 1.165) is 25.8 Å². The predicted octanol–water partition coefficient (Wildman–Crippen LogP) is 5.46. The van der Waals surface area contributed by atoms with E-state index in [-0.39, 0.29) is 6.10 Å². The number of hydroxylamine groups is 2. The van der Waals surface area contributed by atoms with Crippen molar-refractivity contribution in [3.8, 4) is 0 Å². The fraction of sp³-hybridized carbons (Fsp3) is 0.333. The van der Waals surface area contributed by atoms with Gasteiger partial charge in [0.1, 0.15) is 6.10 Å². The highest BCUT2D eigenvalue weighted by Gasteiger charge is 2.25. The van der Waals surface area contributed by atoms with Gasteiger partial charge in [-0.2, -0.15) is 5.06 Å². The minimum absolute atomic E-state index is 0.124. The Labute approximate surface area is 139 Å². The first-order chi connectivity index (χ1) is 11.4. The van der Waals surface area contributed by atoms with Crippen LogP contribution in [-0.4, -0.2) is 11.6 Å². The lowest BCUT2D eigenvalue weighted by atomic mass is 10.0. The van der Waals surface area contributed by atoms with Crippen LogP contribution in [-0.2, 0) is 4.84 Å². The average Bonchev–Trinajstić information content (AvgIpc) is 2.63. The molecule has 1 aliphatic rings. The van der Waals surface area contributed by atoms with Crippen LogP contribution in [0.5, 0.6) is 0 Å².